The summed E-state index contributed by atoms with van der Waals surface area (Å²) in [6.07, 6.45) is 6.71. The van der Waals surface area contributed by atoms with Crippen molar-refractivity contribution < 1.29 is 19.0 Å². The van der Waals surface area contributed by atoms with Crippen LogP contribution in [0.3, 0.4) is 0 Å². The number of hydrogen-bond donors (Lipinski definition) is 0. The van der Waals surface area contributed by atoms with Crippen LogP contribution in [0.4, 0.5) is 0 Å². The Bertz CT molecular complexity index is 944. The van der Waals surface area contributed by atoms with E-state index in [9.17, 15) is 4.79 Å². The van der Waals surface area contributed by atoms with Gasteiger partial charge in [0, 0.05) is 5.92 Å². The van der Waals surface area contributed by atoms with Crippen LogP contribution in [0.1, 0.15) is 49.7 Å². The molecule has 0 amide bonds. The molecule has 1 fully saturated rings. The molecule has 1 saturated carbocycles. The summed E-state index contributed by atoms with van der Waals surface area (Å²) in [5.74, 6) is 2.73. The van der Waals surface area contributed by atoms with Gasteiger partial charge in [0.2, 0.25) is 0 Å². The number of rotatable bonds is 9. The lowest BCUT2D eigenvalue weighted by molar-refractivity contribution is -0.145. The molecule has 3 atom stereocenters. The monoisotopic (exact) mass is 420 g/mol. The Morgan fingerprint density at radius 3 is 2.58 bits per heavy atom. The molecule has 4 rings (SSSR count). The van der Waals surface area contributed by atoms with Gasteiger partial charge in [0.05, 0.1) is 26.7 Å². The Kier molecular flexibility index (Phi) is 6.64. The fraction of sp³-hybridized carbons (Fsp3) is 0.444. The van der Waals surface area contributed by atoms with Gasteiger partial charge in [0.15, 0.2) is 0 Å². The lowest BCUT2D eigenvalue weighted by Crippen LogP contribution is -2.22. The molecule has 0 aromatic heterocycles. The van der Waals surface area contributed by atoms with Crippen molar-refractivity contribution in [2.75, 3.05) is 20.8 Å². The molecule has 1 unspecified atom stereocenters. The van der Waals surface area contributed by atoms with Crippen LogP contribution in [0.5, 0.6) is 11.5 Å². The first-order valence-electron chi connectivity index (χ1n) is 11.2. The van der Waals surface area contributed by atoms with Crippen LogP contribution in [-0.2, 0) is 9.53 Å². The Morgan fingerprint density at radius 1 is 1.06 bits per heavy atom. The van der Waals surface area contributed by atoms with E-state index in [0.29, 0.717) is 18.4 Å². The minimum absolute atomic E-state index is 0.134. The molecule has 0 spiro atoms. The zero-order chi connectivity index (χ0) is 21.8. The fourth-order valence-electron chi connectivity index (χ4n) is 4.75. The maximum atomic E-state index is 12.2. The van der Waals surface area contributed by atoms with Crippen LogP contribution in [0.15, 0.2) is 54.6 Å². The van der Waals surface area contributed by atoms with Gasteiger partial charge in [-0.1, -0.05) is 37.3 Å². The molecule has 164 valence electrons. The van der Waals surface area contributed by atoms with Crippen molar-refractivity contribution >= 4 is 11.5 Å². The number of benzene rings is 2. The maximum Gasteiger partial charge on any atom is 0.309 e. The Hall–Kier alpha value is -2.75. The number of ether oxygens (including phenoxy) is 3. The average Bonchev–Trinajstić information content (AvgIpc) is 3.52. The van der Waals surface area contributed by atoms with E-state index in [1.165, 1.54) is 36.7 Å². The second kappa shape index (κ2) is 9.59. The smallest absolute Gasteiger partial charge is 0.309 e. The number of carbonyl (C=O) groups excluding carboxylic acids is 1. The third-order valence-corrected chi connectivity index (χ3v) is 6.62. The zero-order valence-corrected chi connectivity index (χ0v) is 18.7. The van der Waals surface area contributed by atoms with Crippen molar-refractivity contribution in [2.24, 2.45) is 17.8 Å². The molecule has 2 aromatic carbocycles. The van der Waals surface area contributed by atoms with Gasteiger partial charge in [0.25, 0.3) is 0 Å². The van der Waals surface area contributed by atoms with Gasteiger partial charge in [-0.15, -0.1) is 0 Å². The Labute approximate surface area is 185 Å². The van der Waals surface area contributed by atoms with Gasteiger partial charge < -0.3 is 14.2 Å². The van der Waals surface area contributed by atoms with Crippen molar-refractivity contribution in [2.45, 2.75) is 38.5 Å². The highest BCUT2D eigenvalue weighted by Gasteiger charge is 2.39. The van der Waals surface area contributed by atoms with Crippen LogP contribution in [0.2, 0.25) is 0 Å². The maximum absolute atomic E-state index is 12.2. The number of esters is 1. The molecular formula is C27H32O4. The summed E-state index contributed by atoms with van der Waals surface area (Å²) in [7, 11) is 3.17. The molecule has 0 radical (unpaired) electrons. The first-order chi connectivity index (χ1) is 15.1. The van der Waals surface area contributed by atoms with E-state index in [4.69, 9.17) is 14.2 Å². The summed E-state index contributed by atoms with van der Waals surface area (Å²) < 4.78 is 16.6. The number of hydrogen-bond acceptors (Lipinski definition) is 4. The van der Waals surface area contributed by atoms with Gasteiger partial charge in [-0.05, 0) is 78.5 Å². The van der Waals surface area contributed by atoms with Crippen molar-refractivity contribution in [1.29, 1.82) is 0 Å². The number of allylic oxidation sites excluding steroid dienone is 2. The fourth-order valence-corrected chi connectivity index (χ4v) is 4.75. The lowest BCUT2D eigenvalue weighted by atomic mass is 9.83. The molecule has 2 aromatic rings. The summed E-state index contributed by atoms with van der Waals surface area (Å²) in [6, 6.07) is 16.5. The van der Waals surface area contributed by atoms with E-state index in [2.05, 4.69) is 30.3 Å². The number of carbonyl (C=O) groups is 1. The van der Waals surface area contributed by atoms with Gasteiger partial charge in [-0.3, -0.25) is 4.79 Å². The van der Waals surface area contributed by atoms with Gasteiger partial charge >= 0.3 is 5.97 Å². The molecule has 2 aliphatic rings. The van der Waals surface area contributed by atoms with E-state index < -0.39 is 0 Å². The van der Waals surface area contributed by atoms with E-state index in [-0.39, 0.29) is 17.8 Å². The quantitative estimate of drug-likeness (QED) is 0.476. The van der Waals surface area contributed by atoms with E-state index in [1.807, 2.05) is 31.2 Å². The molecule has 31 heavy (non-hydrogen) atoms. The summed E-state index contributed by atoms with van der Waals surface area (Å²) in [5.41, 5.74) is 3.77. The summed E-state index contributed by atoms with van der Waals surface area (Å²) in [4.78, 5) is 12.2. The summed E-state index contributed by atoms with van der Waals surface area (Å²) in [6.45, 7) is 2.67. The molecule has 0 heterocycles. The summed E-state index contributed by atoms with van der Waals surface area (Å²) >= 11 is 0. The van der Waals surface area contributed by atoms with Crippen LogP contribution >= 0.6 is 0 Å². The molecule has 0 bridgehead atoms. The number of methoxy groups -OCH3 is 2. The molecule has 4 heteroatoms. The van der Waals surface area contributed by atoms with E-state index >= 15 is 0 Å². The van der Waals surface area contributed by atoms with E-state index in [0.717, 1.165) is 24.3 Å². The molecule has 0 saturated heterocycles. The van der Waals surface area contributed by atoms with Gasteiger partial charge in [-0.25, -0.2) is 0 Å². The molecule has 2 aliphatic carbocycles. The van der Waals surface area contributed by atoms with Crippen molar-refractivity contribution in [3.05, 3.63) is 65.7 Å². The Morgan fingerprint density at radius 2 is 1.84 bits per heavy atom. The molecule has 0 N–H and O–H groups in total. The highest BCUT2D eigenvalue weighted by molar-refractivity contribution is 5.73. The zero-order valence-electron chi connectivity index (χ0n) is 18.7. The largest absolute Gasteiger partial charge is 0.497 e. The van der Waals surface area contributed by atoms with Gasteiger partial charge in [-0.2, -0.15) is 0 Å². The van der Waals surface area contributed by atoms with Crippen LogP contribution in [-0.4, -0.2) is 26.8 Å². The molecular weight excluding hydrogens is 388 g/mol. The second-order valence-corrected chi connectivity index (χ2v) is 8.83. The lowest BCUT2D eigenvalue weighted by Gasteiger charge is -2.23. The van der Waals surface area contributed by atoms with Crippen LogP contribution < -0.4 is 9.47 Å². The predicted molar refractivity (Wildman–Crippen MR) is 122 cm³/mol. The van der Waals surface area contributed by atoms with Gasteiger partial charge in [0.1, 0.15) is 11.5 Å². The predicted octanol–water partition coefficient (Wildman–Crippen LogP) is 5.87. The summed E-state index contributed by atoms with van der Waals surface area (Å²) in [5, 5.41) is 0. The third-order valence-electron chi connectivity index (χ3n) is 6.62. The first kappa shape index (κ1) is 21.5. The second-order valence-electron chi connectivity index (χ2n) is 8.83. The van der Waals surface area contributed by atoms with Crippen LogP contribution in [0, 0.1) is 17.8 Å². The van der Waals surface area contributed by atoms with Crippen molar-refractivity contribution in [3.63, 3.8) is 0 Å². The molecule has 4 nitrogen and oxygen atoms in total. The molecule has 0 aliphatic heterocycles. The first-order valence-corrected chi connectivity index (χ1v) is 11.2. The average molecular weight is 421 g/mol. The van der Waals surface area contributed by atoms with E-state index in [1.54, 1.807) is 7.11 Å². The third kappa shape index (κ3) is 5.12. The highest BCUT2D eigenvalue weighted by atomic mass is 16.5. The normalized spacial score (nSPS) is 20.0. The SMILES string of the molecule is COC(=O)[C@@H](C)[C@H](c1cccc(OCC2CC=C(c3cccc(OC)c3)C2)c1)C1CC1. The Balaban J connectivity index is 1.37. The minimum atomic E-state index is -0.141. The minimum Gasteiger partial charge on any atom is -0.497 e. The topological polar surface area (TPSA) is 44.8 Å². The highest BCUT2D eigenvalue weighted by Crippen LogP contribution is 2.47. The van der Waals surface area contributed by atoms with Crippen LogP contribution in [0.25, 0.3) is 5.57 Å². The van der Waals surface area contributed by atoms with Crippen molar-refractivity contribution in [1.82, 2.24) is 0 Å². The standard InChI is InChI=1S/C27H32O4/c1-18(27(28)30-3)26(20-12-13-20)23-7-5-9-25(16-23)31-17-19-10-11-22(14-19)21-6-4-8-24(15-21)29-2/h4-9,11,15-16,18-20,26H,10,12-14,17H2,1-3H3/t18-,19?,26-/m0/s1. The van der Waals surface area contributed by atoms with Crippen molar-refractivity contribution in [3.8, 4) is 11.5 Å².